The maximum atomic E-state index is 11.1. The summed E-state index contributed by atoms with van der Waals surface area (Å²) in [4.78, 5) is 11.1. The summed E-state index contributed by atoms with van der Waals surface area (Å²) in [5.74, 6) is -0.376. The predicted octanol–water partition coefficient (Wildman–Crippen LogP) is 1.75. The van der Waals surface area contributed by atoms with Gasteiger partial charge in [-0.25, -0.2) is 0 Å². The summed E-state index contributed by atoms with van der Waals surface area (Å²) in [5.41, 5.74) is 8.29. The maximum Gasteiger partial charge on any atom is 0.248 e. The third-order valence-electron chi connectivity index (χ3n) is 3.93. The minimum Gasteiger partial charge on any atom is -0.381 e. The minimum absolute atomic E-state index is 0.146. The van der Waals surface area contributed by atoms with E-state index in [-0.39, 0.29) is 11.4 Å². The van der Waals surface area contributed by atoms with Crippen molar-refractivity contribution >= 4 is 5.91 Å². The Hall–Kier alpha value is -1.39. The Bertz CT molecular complexity index is 465. The summed E-state index contributed by atoms with van der Waals surface area (Å²) in [6.07, 6.45) is 2.07. The van der Waals surface area contributed by atoms with Crippen LogP contribution in [-0.4, -0.2) is 24.7 Å². The van der Waals surface area contributed by atoms with Crippen molar-refractivity contribution in [1.29, 1.82) is 0 Å². The van der Waals surface area contributed by atoms with E-state index in [1.54, 1.807) is 6.07 Å². The molecule has 0 aliphatic carbocycles. The van der Waals surface area contributed by atoms with Gasteiger partial charge in [0.25, 0.3) is 0 Å². The number of carbonyl (C=O) groups is 1. The SMILES string of the molecule is Cc1cc(C(N)=O)ccc1CNC1(C)CCOCC1. The Morgan fingerprint density at radius 1 is 1.42 bits per heavy atom. The van der Waals surface area contributed by atoms with Crippen LogP contribution >= 0.6 is 0 Å². The molecule has 1 aliphatic rings. The second-order valence-electron chi connectivity index (χ2n) is 5.53. The minimum atomic E-state index is -0.376. The number of primary amides is 1. The molecule has 0 atom stereocenters. The van der Waals surface area contributed by atoms with Gasteiger partial charge in [-0.2, -0.15) is 0 Å². The fraction of sp³-hybridized carbons (Fsp3) is 0.533. The van der Waals surface area contributed by atoms with E-state index in [9.17, 15) is 4.79 Å². The van der Waals surface area contributed by atoms with E-state index >= 15 is 0 Å². The fourth-order valence-electron chi connectivity index (χ4n) is 2.35. The molecule has 4 heteroatoms. The van der Waals surface area contributed by atoms with E-state index in [0.717, 1.165) is 38.2 Å². The van der Waals surface area contributed by atoms with Gasteiger partial charge in [0.15, 0.2) is 0 Å². The molecule has 0 unspecified atom stereocenters. The Balaban J connectivity index is 2.01. The number of ether oxygens (including phenoxy) is 1. The smallest absolute Gasteiger partial charge is 0.248 e. The molecular formula is C15H22N2O2. The maximum absolute atomic E-state index is 11.1. The summed E-state index contributed by atoms with van der Waals surface area (Å²) in [5, 5.41) is 3.61. The number of hydrogen-bond acceptors (Lipinski definition) is 3. The Labute approximate surface area is 114 Å². The van der Waals surface area contributed by atoms with Crippen molar-refractivity contribution in [2.24, 2.45) is 5.73 Å². The third-order valence-corrected chi connectivity index (χ3v) is 3.93. The van der Waals surface area contributed by atoms with E-state index < -0.39 is 0 Å². The summed E-state index contributed by atoms with van der Waals surface area (Å²) >= 11 is 0. The van der Waals surface area contributed by atoms with E-state index in [2.05, 4.69) is 12.2 Å². The standard InChI is InChI=1S/C15H22N2O2/c1-11-9-12(14(16)18)3-4-13(11)10-17-15(2)5-7-19-8-6-15/h3-4,9,17H,5-8,10H2,1-2H3,(H2,16,18). The largest absolute Gasteiger partial charge is 0.381 e. The van der Waals surface area contributed by atoms with Crippen molar-refractivity contribution in [2.75, 3.05) is 13.2 Å². The second kappa shape index (κ2) is 5.72. The Morgan fingerprint density at radius 3 is 2.68 bits per heavy atom. The molecule has 104 valence electrons. The van der Waals surface area contributed by atoms with Crippen molar-refractivity contribution in [3.63, 3.8) is 0 Å². The first-order chi connectivity index (χ1) is 9.00. The van der Waals surface area contributed by atoms with Crippen LogP contribution < -0.4 is 11.1 Å². The first kappa shape index (κ1) is 14.0. The van der Waals surface area contributed by atoms with Crippen molar-refractivity contribution < 1.29 is 9.53 Å². The van der Waals surface area contributed by atoms with Gasteiger partial charge in [-0.15, -0.1) is 0 Å². The van der Waals surface area contributed by atoms with Gasteiger partial charge < -0.3 is 15.8 Å². The Morgan fingerprint density at radius 2 is 2.11 bits per heavy atom. The summed E-state index contributed by atoms with van der Waals surface area (Å²) in [6, 6.07) is 5.62. The quantitative estimate of drug-likeness (QED) is 0.869. The molecule has 3 N–H and O–H groups in total. The highest BCUT2D eigenvalue weighted by molar-refractivity contribution is 5.93. The molecule has 1 heterocycles. The molecule has 1 amide bonds. The average Bonchev–Trinajstić information content (AvgIpc) is 2.38. The van der Waals surface area contributed by atoms with E-state index in [0.29, 0.717) is 5.56 Å². The second-order valence-corrected chi connectivity index (χ2v) is 5.53. The van der Waals surface area contributed by atoms with Gasteiger partial charge in [0, 0.05) is 30.9 Å². The molecule has 1 saturated heterocycles. The molecule has 1 aromatic rings. The molecule has 0 spiro atoms. The van der Waals surface area contributed by atoms with Gasteiger partial charge in [-0.1, -0.05) is 6.07 Å². The first-order valence-corrected chi connectivity index (χ1v) is 6.72. The fourth-order valence-corrected chi connectivity index (χ4v) is 2.35. The first-order valence-electron chi connectivity index (χ1n) is 6.72. The number of nitrogens with one attached hydrogen (secondary N) is 1. The highest BCUT2D eigenvalue weighted by atomic mass is 16.5. The summed E-state index contributed by atoms with van der Waals surface area (Å²) < 4.78 is 5.39. The van der Waals surface area contributed by atoms with E-state index in [1.165, 1.54) is 5.56 Å². The lowest BCUT2D eigenvalue weighted by Crippen LogP contribution is -2.46. The Kier molecular flexibility index (Phi) is 4.22. The van der Waals surface area contributed by atoms with Crippen molar-refractivity contribution in [2.45, 2.75) is 38.8 Å². The van der Waals surface area contributed by atoms with E-state index in [4.69, 9.17) is 10.5 Å². The van der Waals surface area contributed by atoms with Crippen LogP contribution in [0, 0.1) is 6.92 Å². The van der Waals surface area contributed by atoms with Crippen LogP contribution in [0.5, 0.6) is 0 Å². The molecule has 2 rings (SSSR count). The van der Waals surface area contributed by atoms with Gasteiger partial charge in [0.2, 0.25) is 5.91 Å². The number of hydrogen-bond donors (Lipinski definition) is 2. The van der Waals surface area contributed by atoms with E-state index in [1.807, 2.05) is 19.1 Å². The van der Waals surface area contributed by atoms with Gasteiger partial charge in [-0.05, 0) is 49.9 Å². The third kappa shape index (κ3) is 3.55. The molecule has 4 nitrogen and oxygen atoms in total. The molecule has 0 radical (unpaired) electrons. The normalized spacial score (nSPS) is 18.2. The summed E-state index contributed by atoms with van der Waals surface area (Å²) in [6.45, 7) is 6.70. The van der Waals surface area contributed by atoms with Gasteiger partial charge >= 0.3 is 0 Å². The number of rotatable bonds is 4. The molecule has 1 aliphatic heterocycles. The van der Waals surface area contributed by atoms with Gasteiger partial charge in [0.05, 0.1) is 0 Å². The van der Waals surface area contributed by atoms with Crippen LogP contribution in [0.15, 0.2) is 18.2 Å². The molecule has 19 heavy (non-hydrogen) atoms. The van der Waals surface area contributed by atoms with Crippen LogP contribution in [0.1, 0.15) is 41.3 Å². The molecule has 1 aromatic carbocycles. The number of carbonyl (C=O) groups excluding carboxylic acids is 1. The lowest BCUT2D eigenvalue weighted by molar-refractivity contribution is 0.0446. The highest BCUT2D eigenvalue weighted by Crippen LogP contribution is 2.21. The lowest BCUT2D eigenvalue weighted by Gasteiger charge is -2.35. The zero-order chi connectivity index (χ0) is 13.9. The van der Waals surface area contributed by atoms with Gasteiger partial charge in [-0.3, -0.25) is 4.79 Å². The van der Waals surface area contributed by atoms with Crippen LogP contribution in [0.4, 0.5) is 0 Å². The molecule has 0 bridgehead atoms. The molecule has 0 aromatic heterocycles. The monoisotopic (exact) mass is 262 g/mol. The molecular weight excluding hydrogens is 240 g/mol. The number of aryl methyl sites for hydroxylation is 1. The molecule has 1 fully saturated rings. The van der Waals surface area contributed by atoms with Crippen LogP contribution in [0.2, 0.25) is 0 Å². The lowest BCUT2D eigenvalue weighted by atomic mass is 9.92. The van der Waals surface area contributed by atoms with Crippen LogP contribution in [-0.2, 0) is 11.3 Å². The van der Waals surface area contributed by atoms with Crippen molar-refractivity contribution in [3.8, 4) is 0 Å². The topological polar surface area (TPSA) is 64.4 Å². The highest BCUT2D eigenvalue weighted by Gasteiger charge is 2.26. The summed E-state index contributed by atoms with van der Waals surface area (Å²) in [7, 11) is 0. The van der Waals surface area contributed by atoms with Crippen molar-refractivity contribution in [1.82, 2.24) is 5.32 Å². The van der Waals surface area contributed by atoms with Crippen LogP contribution in [0.3, 0.4) is 0 Å². The van der Waals surface area contributed by atoms with Crippen molar-refractivity contribution in [3.05, 3.63) is 34.9 Å². The zero-order valence-corrected chi connectivity index (χ0v) is 11.7. The predicted molar refractivity (Wildman–Crippen MR) is 75.0 cm³/mol. The van der Waals surface area contributed by atoms with Crippen LogP contribution in [0.25, 0.3) is 0 Å². The zero-order valence-electron chi connectivity index (χ0n) is 11.7. The number of amides is 1. The average molecular weight is 262 g/mol. The van der Waals surface area contributed by atoms with Gasteiger partial charge in [0.1, 0.15) is 0 Å². The molecule has 0 saturated carbocycles. The number of benzene rings is 1. The number of nitrogens with two attached hydrogens (primary N) is 1.